The van der Waals surface area contributed by atoms with Crippen LogP contribution in [0.5, 0.6) is 0 Å². The molecule has 0 aliphatic carbocycles. The minimum absolute atomic E-state index is 0.297. The molecule has 2 N–H and O–H groups in total. The first-order valence-electron chi connectivity index (χ1n) is 6.75. The smallest absolute Gasteiger partial charge is 0.320 e. The quantitative estimate of drug-likeness (QED) is 0.742. The van der Waals surface area contributed by atoms with Crippen molar-refractivity contribution in [3.63, 3.8) is 0 Å². The Morgan fingerprint density at radius 2 is 2.00 bits per heavy atom. The van der Waals surface area contributed by atoms with Crippen LogP contribution in [0.2, 0.25) is 0 Å². The SMILES string of the molecule is CCC(C(=O)O)N(CC1CCNCC1)C(C)C. The molecule has 0 amide bonds. The standard InChI is InChI=1S/C13H26N2O2/c1-4-12(13(16)17)15(10(2)3)9-11-5-7-14-8-6-11/h10-12,14H,4-9H2,1-3H3,(H,16,17). The zero-order valence-corrected chi connectivity index (χ0v) is 11.3. The zero-order chi connectivity index (χ0) is 12.8. The van der Waals surface area contributed by atoms with Gasteiger partial charge in [0, 0.05) is 12.6 Å². The summed E-state index contributed by atoms with van der Waals surface area (Å²) in [5.74, 6) is -0.0396. The number of hydrogen-bond acceptors (Lipinski definition) is 3. The predicted octanol–water partition coefficient (Wildman–Crippen LogP) is 1.56. The second-order valence-electron chi connectivity index (χ2n) is 5.25. The van der Waals surface area contributed by atoms with Gasteiger partial charge in [-0.2, -0.15) is 0 Å². The predicted molar refractivity (Wildman–Crippen MR) is 69.2 cm³/mol. The molecule has 0 aromatic heterocycles. The van der Waals surface area contributed by atoms with Crippen molar-refractivity contribution in [3.8, 4) is 0 Å². The van der Waals surface area contributed by atoms with Gasteiger partial charge in [-0.15, -0.1) is 0 Å². The molecule has 0 aromatic carbocycles. The maximum absolute atomic E-state index is 11.3. The van der Waals surface area contributed by atoms with Gasteiger partial charge in [-0.05, 0) is 52.1 Å². The molecule has 4 nitrogen and oxygen atoms in total. The summed E-state index contributed by atoms with van der Waals surface area (Å²) in [7, 11) is 0. The molecule has 100 valence electrons. The molecule has 0 bridgehead atoms. The number of carboxylic acids is 1. The van der Waals surface area contributed by atoms with E-state index in [0.29, 0.717) is 18.4 Å². The Labute approximate surface area is 104 Å². The van der Waals surface area contributed by atoms with Crippen LogP contribution in [0.3, 0.4) is 0 Å². The highest BCUT2D eigenvalue weighted by Gasteiger charge is 2.28. The summed E-state index contributed by atoms with van der Waals surface area (Å²) in [6.07, 6.45) is 3.01. The Bertz CT molecular complexity index is 238. The molecular formula is C13H26N2O2. The van der Waals surface area contributed by atoms with Crippen LogP contribution >= 0.6 is 0 Å². The molecule has 1 saturated heterocycles. The van der Waals surface area contributed by atoms with Gasteiger partial charge in [0.2, 0.25) is 0 Å². The van der Waals surface area contributed by atoms with E-state index in [1.54, 1.807) is 0 Å². The molecule has 1 unspecified atom stereocenters. The van der Waals surface area contributed by atoms with E-state index in [9.17, 15) is 9.90 Å². The third kappa shape index (κ3) is 4.28. The lowest BCUT2D eigenvalue weighted by molar-refractivity contribution is -0.144. The monoisotopic (exact) mass is 242 g/mol. The van der Waals surface area contributed by atoms with Crippen LogP contribution in [0.15, 0.2) is 0 Å². The Morgan fingerprint density at radius 1 is 1.41 bits per heavy atom. The summed E-state index contributed by atoms with van der Waals surface area (Å²) in [6.45, 7) is 9.20. The zero-order valence-electron chi connectivity index (χ0n) is 11.3. The maximum atomic E-state index is 11.3. The Kier molecular flexibility index (Phi) is 5.92. The minimum atomic E-state index is -0.685. The van der Waals surface area contributed by atoms with Gasteiger partial charge in [0.05, 0.1) is 0 Å². The summed E-state index contributed by atoms with van der Waals surface area (Å²) in [5.41, 5.74) is 0. The molecule has 1 rings (SSSR count). The molecule has 4 heteroatoms. The summed E-state index contributed by atoms with van der Waals surface area (Å²) in [6, 6.07) is -0.0316. The third-order valence-corrected chi connectivity index (χ3v) is 3.66. The van der Waals surface area contributed by atoms with E-state index >= 15 is 0 Å². The van der Waals surface area contributed by atoms with E-state index in [1.165, 1.54) is 12.8 Å². The van der Waals surface area contributed by atoms with E-state index < -0.39 is 5.97 Å². The Morgan fingerprint density at radius 3 is 2.41 bits per heavy atom. The number of nitrogens with one attached hydrogen (secondary N) is 1. The number of nitrogens with zero attached hydrogens (tertiary/aromatic N) is 1. The number of carboxylic acid groups (broad SMARTS) is 1. The Balaban J connectivity index is 2.60. The fourth-order valence-corrected chi connectivity index (χ4v) is 2.61. The van der Waals surface area contributed by atoms with Crippen LogP contribution in [0, 0.1) is 5.92 Å². The lowest BCUT2D eigenvalue weighted by Crippen LogP contribution is -2.48. The largest absolute Gasteiger partial charge is 0.480 e. The topological polar surface area (TPSA) is 52.6 Å². The van der Waals surface area contributed by atoms with E-state index in [2.05, 4.69) is 24.1 Å². The van der Waals surface area contributed by atoms with Gasteiger partial charge in [-0.1, -0.05) is 6.92 Å². The van der Waals surface area contributed by atoms with Gasteiger partial charge < -0.3 is 10.4 Å². The molecule has 0 radical (unpaired) electrons. The van der Waals surface area contributed by atoms with E-state index in [0.717, 1.165) is 19.6 Å². The summed E-state index contributed by atoms with van der Waals surface area (Å²) in [5, 5.41) is 12.6. The van der Waals surface area contributed by atoms with Crippen molar-refractivity contribution in [2.75, 3.05) is 19.6 Å². The molecule has 1 fully saturated rings. The number of hydrogen-bond donors (Lipinski definition) is 2. The van der Waals surface area contributed by atoms with Crippen molar-refractivity contribution in [1.29, 1.82) is 0 Å². The number of carbonyl (C=O) groups is 1. The van der Waals surface area contributed by atoms with E-state index in [4.69, 9.17) is 0 Å². The fraction of sp³-hybridized carbons (Fsp3) is 0.923. The van der Waals surface area contributed by atoms with Crippen LogP contribution in [0.1, 0.15) is 40.0 Å². The molecule has 1 atom stereocenters. The van der Waals surface area contributed by atoms with Crippen molar-refractivity contribution in [3.05, 3.63) is 0 Å². The maximum Gasteiger partial charge on any atom is 0.320 e. The molecule has 0 spiro atoms. The van der Waals surface area contributed by atoms with Gasteiger partial charge in [0.25, 0.3) is 0 Å². The summed E-state index contributed by atoms with van der Waals surface area (Å²) >= 11 is 0. The first-order valence-corrected chi connectivity index (χ1v) is 6.75. The normalized spacial score (nSPS) is 19.8. The van der Waals surface area contributed by atoms with Crippen molar-refractivity contribution in [2.24, 2.45) is 5.92 Å². The van der Waals surface area contributed by atoms with Crippen LogP contribution < -0.4 is 5.32 Å². The van der Waals surface area contributed by atoms with E-state index in [-0.39, 0.29) is 6.04 Å². The molecule has 0 aromatic rings. The minimum Gasteiger partial charge on any atom is -0.480 e. The fourth-order valence-electron chi connectivity index (χ4n) is 2.61. The average molecular weight is 242 g/mol. The first-order chi connectivity index (χ1) is 8.06. The molecule has 1 aliphatic rings. The van der Waals surface area contributed by atoms with Crippen LogP contribution in [-0.2, 0) is 4.79 Å². The highest BCUT2D eigenvalue weighted by molar-refractivity contribution is 5.73. The molecule has 17 heavy (non-hydrogen) atoms. The van der Waals surface area contributed by atoms with Gasteiger partial charge >= 0.3 is 5.97 Å². The van der Waals surface area contributed by atoms with Gasteiger partial charge in [-0.3, -0.25) is 9.69 Å². The van der Waals surface area contributed by atoms with E-state index in [1.807, 2.05) is 6.92 Å². The van der Waals surface area contributed by atoms with Crippen molar-refractivity contribution >= 4 is 5.97 Å². The van der Waals surface area contributed by atoms with Gasteiger partial charge in [-0.25, -0.2) is 0 Å². The van der Waals surface area contributed by atoms with Gasteiger partial charge in [0.1, 0.15) is 6.04 Å². The van der Waals surface area contributed by atoms with Crippen LogP contribution in [0.25, 0.3) is 0 Å². The van der Waals surface area contributed by atoms with Crippen molar-refractivity contribution < 1.29 is 9.90 Å². The first kappa shape index (κ1) is 14.5. The number of piperidine rings is 1. The highest BCUT2D eigenvalue weighted by atomic mass is 16.4. The summed E-state index contributed by atoms with van der Waals surface area (Å²) < 4.78 is 0. The second kappa shape index (κ2) is 6.97. The van der Waals surface area contributed by atoms with Crippen molar-refractivity contribution in [1.82, 2.24) is 10.2 Å². The van der Waals surface area contributed by atoms with Crippen molar-refractivity contribution in [2.45, 2.75) is 52.1 Å². The lowest BCUT2D eigenvalue weighted by atomic mass is 9.96. The lowest BCUT2D eigenvalue weighted by Gasteiger charge is -2.36. The third-order valence-electron chi connectivity index (χ3n) is 3.66. The molecule has 1 aliphatic heterocycles. The highest BCUT2D eigenvalue weighted by Crippen LogP contribution is 2.18. The van der Waals surface area contributed by atoms with Crippen LogP contribution in [-0.4, -0.2) is 47.7 Å². The molecular weight excluding hydrogens is 216 g/mol. The molecule has 0 saturated carbocycles. The number of aliphatic carboxylic acids is 1. The van der Waals surface area contributed by atoms with Gasteiger partial charge in [0.15, 0.2) is 0 Å². The number of rotatable bonds is 6. The summed E-state index contributed by atoms with van der Waals surface area (Å²) in [4.78, 5) is 13.4. The average Bonchev–Trinajstić information content (AvgIpc) is 2.29. The Hall–Kier alpha value is -0.610. The molecule has 1 heterocycles. The van der Waals surface area contributed by atoms with Crippen LogP contribution in [0.4, 0.5) is 0 Å². The second-order valence-corrected chi connectivity index (χ2v) is 5.25.